The number of rotatable bonds is 11. The Morgan fingerprint density at radius 1 is 1.24 bits per heavy atom. The normalized spacial score (nSPS) is 15.9. The van der Waals surface area contributed by atoms with Gasteiger partial charge in [-0.3, -0.25) is 9.48 Å². The topological polar surface area (TPSA) is 60.2 Å². The Kier molecular flexibility index (Phi) is 9.05. The summed E-state index contributed by atoms with van der Waals surface area (Å²) in [5, 5.41) is 0. The van der Waals surface area contributed by atoms with Crippen molar-refractivity contribution in [1.29, 1.82) is 0 Å². The lowest BCUT2D eigenvalue weighted by molar-refractivity contribution is -0.524. The lowest BCUT2D eigenvalue weighted by Gasteiger charge is -2.26. The number of carbonyl (C=O) groups excluding carboxylic acids is 1. The van der Waals surface area contributed by atoms with Crippen molar-refractivity contribution in [2.24, 2.45) is 0 Å². The van der Waals surface area contributed by atoms with Crippen molar-refractivity contribution in [3.8, 4) is 0 Å². The average molecular weight is 376 g/mol. The van der Waals surface area contributed by atoms with E-state index in [0.29, 0.717) is 6.54 Å². The Morgan fingerprint density at radius 3 is 2.44 bits per heavy atom. The lowest BCUT2D eigenvalue weighted by Crippen LogP contribution is -2.44. The van der Waals surface area contributed by atoms with Gasteiger partial charge >= 0.3 is 14.8 Å². The number of esters is 1. The van der Waals surface area contributed by atoms with Gasteiger partial charge < -0.3 is 18.0 Å². The summed E-state index contributed by atoms with van der Waals surface area (Å²) < 4.78 is 23.9. The molecule has 0 aromatic heterocycles. The molecule has 1 aliphatic rings. The standard InChI is InChI=1S/C17H35N2O5Si/c1-7-17(2,3)24-16(20)14-19-11-8-10-18(15-19)12-9-13-25(21-4,22-5)23-6/h15H,7-14H2,1-6H3/q+1. The van der Waals surface area contributed by atoms with Gasteiger partial charge in [0.1, 0.15) is 5.60 Å². The highest BCUT2D eigenvalue weighted by Crippen LogP contribution is 2.16. The van der Waals surface area contributed by atoms with Crippen molar-refractivity contribution in [1.82, 2.24) is 4.90 Å². The van der Waals surface area contributed by atoms with Gasteiger partial charge in [-0.05, 0) is 26.7 Å². The van der Waals surface area contributed by atoms with Gasteiger partial charge in [-0.2, -0.15) is 0 Å². The number of hydrogen-bond donors (Lipinski definition) is 0. The first-order valence-corrected chi connectivity index (χ1v) is 10.9. The van der Waals surface area contributed by atoms with E-state index >= 15 is 0 Å². The number of carbonyl (C=O) groups is 1. The minimum Gasteiger partial charge on any atom is -0.457 e. The predicted octanol–water partition coefficient (Wildman–Crippen LogP) is 1.73. The van der Waals surface area contributed by atoms with Gasteiger partial charge in [-0.15, -0.1) is 0 Å². The van der Waals surface area contributed by atoms with Crippen LogP contribution in [0.5, 0.6) is 0 Å². The highest BCUT2D eigenvalue weighted by Gasteiger charge is 2.37. The number of nitrogens with zero attached hydrogens (tertiary/aromatic N) is 2. The summed E-state index contributed by atoms with van der Waals surface area (Å²) in [7, 11) is 2.40. The van der Waals surface area contributed by atoms with E-state index in [1.165, 1.54) is 0 Å². The third-order valence-corrected chi connectivity index (χ3v) is 7.48. The molecule has 146 valence electrons. The molecule has 0 atom stereocenters. The molecule has 0 amide bonds. The van der Waals surface area contributed by atoms with E-state index in [1.54, 1.807) is 21.3 Å². The monoisotopic (exact) mass is 375 g/mol. The molecule has 8 heteroatoms. The van der Waals surface area contributed by atoms with Gasteiger partial charge in [-0.25, -0.2) is 4.79 Å². The van der Waals surface area contributed by atoms with Crippen LogP contribution in [0.25, 0.3) is 0 Å². The first-order valence-electron chi connectivity index (χ1n) is 9.00. The lowest BCUT2D eigenvalue weighted by atomic mass is 10.1. The molecule has 1 aliphatic heterocycles. The molecule has 0 aromatic carbocycles. The SMILES string of the molecule is CCC(C)(C)OC(=O)C[N+]1=CN(CCC[Si](OC)(OC)OC)CCC1. The fourth-order valence-electron chi connectivity index (χ4n) is 2.75. The van der Waals surface area contributed by atoms with E-state index in [2.05, 4.69) is 4.90 Å². The molecule has 1 heterocycles. The minimum absolute atomic E-state index is 0.172. The molecule has 25 heavy (non-hydrogen) atoms. The predicted molar refractivity (Wildman–Crippen MR) is 98.9 cm³/mol. The third kappa shape index (κ3) is 7.43. The smallest absolute Gasteiger partial charge is 0.457 e. The molecule has 0 bridgehead atoms. The van der Waals surface area contributed by atoms with E-state index in [0.717, 1.165) is 44.9 Å². The second kappa shape index (κ2) is 10.3. The first-order chi connectivity index (χ1) is 11.8. The molecule has 0 N–H and O–H groups in total. The van der Waals surface area contributed by atoms with Crippen molar-refractivity contribution in [3.63, 3.8) is 0 Å². The Hall–Kier alpha value is -0.963. The average Bonchev–Trinajstić information content (AvgIpc) is 2.59. The number of ether oxygens (including phenoxy) is 1. The van der Waals surface area contributed by atoms with Crippen molar-refractivity contribution in [2.45, 2.75) is 51.7 Å². The maximum Gasteiger partial charge on any atom is 0.500 e. The Bertz CT molecular complexity index is 444. The van der Waals surface area contributed by atoms with Gasteiger partial charge in [0, 0.05) is 33.8 Å². The molecule has 0 aromatic rings. The quantitative estimate of drug-likeness (QED) is 0.311. The molecule has 0 radical (unpaired) electrons. The molecule has 7 nitrogen and oxygen atoms in total. The van der Waals surface area contributed by atoms with Crippen LogP contribution in [0.4, 0.5) is 0 Å². The summed E-state index contributed by atoms with van der Waals surface area (Å²) in [6, 6.07) is 0.771. The molecule has 0 unspecified atom stereocenters. The molecular formula is C17H35N2O5Si+. The zero-order valence-electron chi connectivity index (χ0n) is 16.7. The fourth-order valence-corrected chi connectivity index (χ4v) is 4.45. The maximum absolute atomic E-state index is 12.1. The highest BCUT2D eigenvalue weighted by molar-refractivity contribution is 6.60. The van der Waals surface area contributed by atoms with Gasteiger partial charge in [0.05, 0.1) is 19.6 Å². The third-order valence-electron chi connectivity index (χ3n) is 4.65. The summed E-state index contributed by atoms with van der Waals surface area (Å²) >= 11 is 0. The summed E-state index contributed by atoms with van der Waals surface area (Å²) in [4.78, 5) is 14.3. The molecule has 0 spiro atoms. The molecule has 0 saturated heterocycles. The van der Waals surface area contributed by atoms with Gasteiger partial charge in [0.15, 0.2) is 6.54 Å². The zero-order chi connectivity index (χ0) is 18.9. The molecular weight excluding hydrogens is 340 g/mol. The molecule has 1 rings (SSSR count). The summed E-state index contributed by atoms with van der Waals surface area (Å²) in [6.07, 6.45) is 4.79. The van der Waals surface area contributed by atoms with E-state index in [1.807, 2.05) is 31.7 Å². The van der Waals surface area contributed by atoms with Gasteiger partial charge in [0.2, 0.25) is 6.34 Å². The second-order valence-electron chi connectivity index (χ2n) is 6.96. The molecule has 0 fully saturated rings. The van der Waals surface area contributed by atoms with Crippen molar-refractivity contribution >= 4 is 21.1 Å². The summed E-state index contributed by atoms with van der Waals surface area (Å²) in [5.41, 5.74) is -0.402. The van der Waals surface area contributed by atoms with Crippen LogP contribution >= 0.6 is 0 Å². The second-order valence-corrected chi connectivity index (χ2v) is 10.1. The summed E-state index contributed by atoms with van der Waals surface area (Å²) in [6.45, 7) is 8.96. The van der Waals surface area contributed by atoms with Gasteiger partial charge in [-0.1, -0.05) is 6.92 Å². The molecule has 0 aliphatic carbocycles. The van der Waals surface area contributed by atoms with Crippen molar-refractivity contribution < 1.29 is 27.4 Å². The van der Waals surface area contributed by atoms with Crippen LogP contribution in [0.15, 0.2) is 0 Å². The zero-order valence-corrected chi connectivity index (χ0v) is 17.7. The highest BCUT2D eigenvalue weighted by atomic mass is 28.4. The van der Waals surface area contributed by atoms with Crippen molar-refractivity contribution in [3.05, 3.63) is 0 Å². The van der Waals surface area contributed by atoms with Crippen LogP contribution in [0.3, 0.4) is 0 Å². The van der Waals surface area contributed by atoms with Crippen LogP contribution in [0.1, 0.15) is 40.0 Å². The van der Waals surface area contributed by atoms with Gasteiger partial charge in [0.25, 0.3) is 0 Å². The molecule has 0 saturated carbocycles. The van der Waals surface area contributed by atoms with E-state index in [9.17, 15) is 4.79 Å². The first kappa shape index (κ1) is 22.1. The Labute approximate surface area is 153 Å². The van der Waals surface area contributed by atoms with Crippen molar-refractivity contribution in [2.75, 3.05) is 47.5 Å². The van der Waals surface area contributed by atoms with Crippen LogP contribution in [0.2, 0.25) is 6.04 Å². The van der Waals surface area contributed by atoms with E-state index in [4.69, 9.17) is 18.0 Å². The van der Waals surface area contributed by atoms with Crippen LogP contribution < -0.4 is 0 Å². The van der Waals surface area contributed by atoms with Crippen LogP contribution in [-0.2, 0) is 22.8 Å². The van der Waals surface area contributed by atoms with Crippen LogP contribution in [0, 0.1) is 0 Å². The Morgan fingerprint density at radius 2 is 1.88 bits per heavy atom. The summed E-state index contributed by atoms with van der Waals surface area (Å²) in [5.74, 6) is -0.172. The Balaban J connectivity index is 2.49. The minimum atomic E-state index is -2.50. The largest absolute Gasteiger partial charge is 0.500 e. The van der Waals surface area contributed by atoms with E-state index < -0.39 is 14.4 Å². The van der Waals surface area contributed by atoms with E-state index in [-0.39, 0.29) is 5.97 Å². The number of hydrogen-bond acceptors (Lipinski definition) is 6. The maximum atomic E-state index is 12.1. The fraction of sp³-hybridized carbons (Fsp3) is 0.882. The van der Waals surface area contributed by atoms with Crippen LogP contribution in [-0.4, -0.2) is 83.7 Å².